The maximum Gasteiger partial charge on any atom is 0.223 e. The summed E-state index contributed by atoms with van der Waals surface area (Å²) in [5.41, 5.74) is 2.31. The van der Waals surface area contributed by atoms with Crippen LogP contribution in [0.25, 0.3) is 0 Å². The topological polar surface area (TPSA) is 50.8 Å². The molecule has 0 saturated heterocycles. The number of ether oxygens (including phenoxy) is 2. The Kier molecular flexibility index (Phi) is 7.96. The molecule has 0 aliphatic carbocycles. The molecular weight excluding hydrogens is 328 g/mol. The monoisotopic (exact) mass is 356 g/mol. The molecule has 0 aliphatic rings. The van der Waals surface area contributed by atoms with Gasteiger partial charge in [-0.05, 0) is 36.2 Å². The van der Waals surface area contributed by atoms with Crippen molar-refractivity contribution < 1.29 is 14.3 Å². The summed E-state index contributed by atoms with van der Waals surface area (Å²) in [6.07, 6.45) is 1.36. The van der Waals surface area contributed by atoms with Crippen molar-refractivity contribution in [2.45, 2.75) is 19.4 Å². The van der Waals surface area contributed by atoms with Crippen LogP contribution in [0.5, 0.6) is 11.5 Å². The predicted molar refractivity (Wildman–Crippen MR) is 104 cm³/mol. The SMILES string of the molecule is COc1ccc(CCNCCC(=O)N(C)Cc2ccccc2)cc1OC. The molecule has 1 amide bonds. The van der Waals surface area contributed by atoms with E-state index in [0.29, 0.717) is 19.5 Å². The van der Waals surface area contributed by atoms with Gasteiger partial charge in [-0.1, -0.05) is 36.4 Å². The van der Waals surface area contributed by atoms with Crippen molar-refractivity contribution in [3.8, 4) is 11.5 Å². The summed E-state index contributed by atoms with van der Waals surface area (Å²) < 4.78 is 10.6. The third kappa shape index (κ3) is 6.08. The minimum atomic E-state index is 0.146. The molecule has 0 saturated carbocycles. The first-order chi connectivity index (χ1) is 12.6. The number of amides is 1. The highest BCUT2D eigenvalue weighted by Crippen LogP contribution is 2.27. The largest absolute Gasteiger partial charge is 0.493 e. The van der Waals surface area contributed by atoms with Crippen molar-refractivity contribution in [2.75, 3.05) is 34.4 Å². The van der Waals surface area contributed by atoms with Crippen molar-refractivity contribution in [3.05, 3.63) is 59.7 Å². The van der Waals surface area contributed by atoms with Crippen molar-refractivity contribution in [1.82, 2.24) is 10.2 Å². The number of nitrogens with one attached hydrogen (secondary N) is 1. The summed E-state index contributed by atoms with van der Waals surface area (Å²) >= 11 is 0. The zero-order valence-corrected chi connectivity index (χ0v) is 15.8. The van der Waals surface area contributed by atoms with E-state index >= 15 is 0 Å². The van der Waals surface area contributed by atoms with Gasteiger partial charge in [-0.25, -0.2) is 0 Å². The highest BCUT2D eigenvalue weighted by atomic mass is 16.5. The Morgan fingerprint density at radius 2 is 1.69 bits per heavy atom. The zero-order chi connectivity index (χ0) is 18.8. The minimum Gasteiger partial charge on any atom is -0.493 e. The van der Waals surface area contributed by atoms with Crippen LogP contribution in [0.1, 0.15) is 17.5 Å². The lowest BCUT2D eigenvalue weighted by molar-refractivity contribution is -0.130. The number of carbonyl (C=O) groups excluding carboxylic acids is 1. The third-order valence-electron chi connectivity index (χ3n) is 4.24. The summed E-state index contributed by atoms with van der Waals surface area (Å²) in [6.45, 7) is 2.13. The molecule has 5 heteroatoms. The van der Waals surface area contributed by atoms with E-state index in [0.717, 1.165) is 30.0 Å². The van der Waals surface area contributed by atoms with Crippen LogP contribution in [0.4, 0.5) is 0 Å². The van der Waals surface area contributed by atoms with E-state index in [9.17, 15) is 4.79 Å². The van der Waals surface area contributed by atoms with Gasteiger partial charge in [0.2, 0.25) is 5.91 Å². The number of methoxy groups -OCH3 is 2. The molecule has 0 bridgehead atoms. The van der Waals surface area contributed by atoms with Gasteiger partial charge in [0, 0.05) is 26.6 Å². The van der Waals surface area contributed by atoms with Gasteiger partial charge in [0.1, 0.15) is 0 Å². The molecule has 0 spiro atoms. The predicted octanol–water partition coefficient (Wildman–Crippen LogP) is 2.88. The fourth-order valence-electron chi connectivity index (χ4n) is 2.73. The van der Waals surface area contributed by atoms with Crippen molar-refractivity contribution in [3.63, 3.8) is 0 Å². The van der Waals surface area contributed by atoms with Crippen molar-refractivity contribution in [1.29, 1.82) is 0 Å². The number of benzene rings is 2. The Morgan fingerprint density at radius 3 is 2.38 bits per heavy atom. The maximum atomic E-state index is 12.2. The second kappa shape index (κ2) is 10.5. The van der Waals surface area contributed by atoms with E-state index in [2.05, 4.69) is 5.32 Å². The summed E-state index contributed by atoms with van der Waals surface area (Å²) in [5, 5.41) is 3.33. The fourth-order valence-corrected chi connectivity index (χ4v) is 2.73. The number of hydrogen-bond acceptors (Lipinski definition) is 4. The zero-order valence-electron chi connectivity index (χ0n) is 15.8. The first-order valence-corrected chi connectivity index (χ1v) is 8.83. The van der Waals surface area contributed by atoms with Crippen LogP contribution in [0, 0.1) is 0 Å². The number of rotatable bonds is 10. The second-order valence-corrected chi connectivity index (χ2v) is 6.17. The normalized spacial score (nSPS) is 10.4. The van der Waals surface area contributed by atoms with E-state index in [-0.39, 0.29) is 5.91 Å². The highest BCUT2D eigenvalue weighted by molar-refractivity contribution is 5.76. The standard InChI is InChI=1S/C21H28N2O3/c1-23(16-18-7-5-4-6-8-18)21(24)12-14-22-13-11-17-9-10-19(25-2)20(15-17)26-3/h4-10,15,22H,11-14,16H2,1-3H3. The van der Waals surface area contributed by atoms with Crippen LogP contribution >= 0.6 is 0 Å². The molecule has 1 N–H and O–H groups in total. The smallest absolute Gasteiger partial charge is 0.223 e. The van der Waals surface area contributed by atoms with Gasteiger partial charge in [0.05, 0.1) is 14.2 Å². The van der Waals surface area contributed by atoms with Gasteiger partial charge in [0.25, 0.3) is 0 Å². The summed E-state index contributed by atoms with van der Waals surface area (Å²) in [7, 11) is 5.11. The molecule has 140 valence electrons. The Hall–Kier alpha value is -2.53. The first-order valence-electron chi connectivity index (χ1n) is 8.83. The summed E-state index contributed by atoms with van der Waals surface area (Å²) in [6, 6.07) is 16.0. The van der Waals surface area contributed by atoms with Gasteiger partial charge in [-0.15, -0.1) is 0 Å². The van der Waals surface area contributed by atoms with Crippen molar-refractivity contribution >= 4 is 5.91 Å². The Balaban J connectivity index is 1.67. The molecule has 5 nitrogen and oxygen atoms in total. The molecule has 0 fully saturated rings. The molecule has 0 aromatic heterocycles. The van der Waals surface area contributed by atoms with E-state index < -0.39 is 0 Å². The van der Waals surface area contributed by atoms with E-state index in [1.54, 1.807) is 19.1 Å². The van der Waals surface area contributed by atoms with Crippen LogP contribution < -0.4 is 14.8 Å². The van der Waals surface area contributed by atoms with Gasteiger partial charge >= 0.3 is 0 Å². The van der Waals surface area contributed by atoms with Gasteiger partial charge in [0.15, 0.2) is 11.5 Å². The molecule has 26 heavy (non-hydrogen) atoms. The molecule has 0 atom stereocenters. The number of nitrogens with zero attached hydrogens (tertiary/aromatic N) is 1. The van der Waals surface area contributed by atoms with Crippen LogP contribution in [-0.4, -0.2) is 45.2 Å². The number of hydrogen-bond donors (Lipinski definition) is 1. The average molecular weight is 356 g/mol. The van der Waals surface area contributed by atoms with Crippen LogP contribution in [0.3, 0.4) is 0 Å². The molecule has 0 aliphatic heterocycles. The molecule has 2 rings (SSSR count). The van der Waals surface area contributed by atoms with Crippen LogP contribution in [0.15, 0.2) is 48.5 Å². The van der Waals surface area contributed by atoms with Crippen LogP contribution in [-0.2, 0) is 17.8 Å². The number of carbonyl (C=O) groups is 1. The van der Waals surface area contributed by atoms with E-state index in [1.165, 1.54) is 5.56 Å². The minimum absolute atomic E-state index is 0.146. The van der Waals surface area contributed by atoms with E-state index in [1.807, 2.05) is 55.6 Å². The lowest BCUT2D eigenvalue weighted by Crippen LogP contribution is -2.30. The molecule has 2 aromatic carbocycles. The Labute approximate surface area is 155 Å². The summed E-state index contributed by atoms with van der Waals surface area (Å²) in [5.74, 6) is 1.62. The Bertz CT molecular complexity index is 689. The molecule has 0 unspecified atom stereocenters. The van der Waals surface area contributed by atoms with Gasteiger partial charge in [-0.3, -0.25) is 4.79 Å². The highest BCUT2D eigenvalue weighted by Gasteiger charge is 2.09. The molecule has 0 heterocycles. The second-order valence-electron chi connectivity index (χ2n) is 6.17. The molecule has 0 radical (unpaired) electrons. The molecular formula is C21H28N2O3. The molecule has 2 aromatic rings. The fraction of sp³-hybridized carbons (Fsp3) is 0.381. The summed E-state index contributed by atoms with van der Waals surface area (Å²) in [4.78, 5) is 14.0. The van der Waals surface area contributed by atoms with E-state index in [4.69, 9.17) is 9.47 Å². The average Bonchev–Trinajstić information content (AvgIpc) is 2.68. The quantitative estimate of drug-likeness (QED) is 0.665. The van der Waals surface area contributed by atoms with Crippen molar-refractivity contribution in [2.24, 2.45) is 0 Å². The maximum absolute atomic E-state index is 12.2. The van der Waals surface area contributed by atoms with Gasteiger partial charge in [-0.2, -0.15) is 0 Å². The lowest BCUT2D eigenvalue weighted by Gasteiger charge is -2.17. The van der Waals surface area contributed by atoms with Gasteiger partial charge < -0.3 is 19.7 Å². The lowest BCUT2D eigenvalue weighted by atomic mass is 10.1. The third-order valence-corrected chi connectivity index (χ3v) is 4.24. The Morgan fingerprint density at radius 1 is 0.962 bits per heavy atom. The van der Waals surface area contributed by atoms with Crippen LogP contribution in [0.2, 0.25) is 0 Å². The first kappa shape index (κ1) is 19.8.